The number of aryl methyl sites for hydroxylation is 3. The lowest BCUT2D eigenvalue weighted by molar-refractivity contribution is 0.237. The van der Waals surface area contributed by atoms with Crippen LogP contribution in [0.2, 0.25) is 0 Å². The van der Waals surface area contributed by atoms with Crippen molar-refractivity contribution < 1.29 is 4.74 Å². The van der Waals surface area contributed by atoms with Crippen LogP contribution in [0.25, 0.3) is 17.3 Å². The molecule has 0 saturated carbocycles. The average molecular weight is 418 g/mol. The van der Waals surface area contributed by atoms with Gasteiger partial charge in [0.25, 0.3) is 0 Å². The number of unbranched alkanes of at least 4 members (excludes halogenated alkanes) is 1. The van der Waals surface area contributed by atoms with Crippen molar-refractivity contribution in [3.63, 3.8) is 0 Å². The third kappa shape index (κ3) is 4.50. The minimum absolute atomic E-state index is 0.550. The Morgan fingerprint density at radius 3 is 2.81 bits per heavy atom. The molecule has 0 bridgehead atoms. The van der Waals surface area contributed by atoms with Gasteiger partial charge in [-0.05, 0) is 57.4 Å². The molecule has 162 valence electrons. The molecule has 1 saturated heterocycles. The van der Waals surface area contributed by atoms with E-state index in [1.807, 2.05) is 20.0 Å². The van der Waals surface area contributed by atoms with E-state index in [1.165, 1.54) is 38.0 Å². The summed E-state index contributed by atoms with van der Waals surface area (Å²) in [6, 6.07) is 6.65. The van der Waals surface area contributed by atoms with E-state index in [-0.39, 0.29) is 0 Å². The van der Waals surface area contributed by atoms with Crippen LogP contribution in [-0.2, 0) is 6.42 Å². The fraction of sp³-hybridized carbons (Fsp3) is 0.440. The van der Waals surface area contributed by atoms with E-state index in [2.05, 4.69) is 50.1 Å². The highest BCUT2D eigenvalue weighted by Crippen LogP contribution is 2.31. The largest absolute Gasteiger partial charge is 0.488 e. The summed E-state index contributed by atoms with van der Waals surface area (Å²) in [7, 11) is 0. The standard InChI is InChI=1S/C25H31N5O/c1-18-15-30-16-23(28-25(30)19(2)27-18)22-14-21-7-6-20(13-24(21)31-17-22)5-3-4-10-29-11-8-26-9-12-29/h6-7,13-16,26H,3-5,8-12,17H2,1-2H3. The van der Waals surface area contributed by atoms with E-state index >= 15 is 0 Å². The fourth-order valence-corrected chi connectivity index (χ4v) is 4.57. The van der Waals surface area contributed by atoms with Gasteiger partial charge in [-0.2, -0.15) is 0 Å². The number of nitrogens with one attached hydrogen (secondary N) is 1. The van der Waals surface area contributed by atoms with Gasteiger partial charge in [0, 0.05) is 49.7 Å². The summed E-state index contributed by atoms with van der Waals surface area (Å²) < 4.78 is 8.20. The third-order valence-corrected chi connectivity index (χ3v) is 6.25. The summed E-state index contributed by atoms with van der Waals surface area (Å²) in [5, 5.41) is 3.42. The van der Waals surface area contributed by atoms with Gasteiger partial charge in [0.15, 0.2) is 5.65 Å². The first-order valence-electron chi connectivity index (χ1n) is 11.4. The quantitative estimate of drug-likeness (QED) is 0.622. The maximum Gasteiger partial charge on any atom is 0.158 e. The van der Waals surface area contributed by atoms with E-state index < -0.39 is 0 Å². The molecule has 1 fully saturated rings. The van der Waals surface area contributed by atoms with Crippen LogP contribution in [0.15, 0.2) is 30.6 Å². The predicted octanol–water partition coefficient (Wildman–Crippen LogP) is 3.51. The Labute approximate surface area is 184 Å². The van der Waals surface area contributed by atoms with Gasteiger partial charge in [-0.3, -0.25) is 4.98 Å². The van der Waals surface area contributed by atoms with Crippen LogP contribution >= 0.6 is 0 Å². The molecule has 1 N–H and O–H groups in total. The van der Waals surface area contributed by atoms with Crippen molar-refractivity contribution in [1.29, 1.82) is 0 Å². The van der Waals surface area contributed by atoms with E-state index in [0.717, 1.165) is 59.1 Å². The monoisotopic (exact) mass is 417 g/mol. The van der Waals surface area contributed by atoms with Gasteiger partial charge >= 0.3 is 0 Å². The van der Waals surface area contributed by atoms with Crippen LogP contribution in [0.4, 0.5) is 0 Å². The molecule has 4 heterocycles. The number of ether oxygens (including phenoxy) is 1. The lowest BCUT2D eigenvalue weighted by atomic mass is 10.0. The zero-order valence-electron chi connectivity index (χ0n) is 18.5. The van der Waals surface area contributed by atoms with Gasteiger partial charge < -0.3 is 19.4 Å². The van der Waals surface area contributed by atoms with Crippen molar-refractivity contribution in [2.45, 2.75) is 33.1 Å². The van der Waals surface area contributed by atoms with E-state index in [1.54, 1.807) is 0 Å². The second-order valence-corrected chi connectivity index (χ2v) is 8.70. The Morgan fingerprint density at radius 1 is 1.06 bits per heavy atom. The number of rotatable bonds is 6. The van der Waals surface area contributed by atoms with Crippen LogP contribution in [0, 0.1) is 13.8 Å². The van der Waals surface area contributed by atoms with Crippen LogP contribution in [0.3, 0.4) is 0 Å². The molecule has 1 aromatic carbocycles. The number of aromatic nitrogens is 3. The van der Waals surface area contributed by atoms with E-state index in [0.29, 0.717) is 6.61 Å². The van der Waals surface area contributed by atoms with Crippen molar-refractivity contribution in [3.8, 4) is 5.75 Å². The van der Waals surface area contributed by atoms with Crippen LogP contribution in [0.1, 0.15) is 41.1 Å². The SMILES string of the molecule is Cc1cn2cc(C3=Cc4ccc(CCCCN5CCNCC5)cc4OC3)nc2c(C)n1. The molecule has 3 aromatic rings. The second-order valence-electron chi connectivity index (χ2n) is 8.70. The molecule has 0 atom stereocenters. The lowest BCUT2D eigenvalue weighted by Crippen LogP contribution is -2.43. The molecule has 0 aliphatic carbocycles. The molecule has 2 aromatic heterocycles. The molecule has 0 amide bonds. The molecule has 6 heteroatoms. The predicted molar refractivity (Wildman–Crippen MR) is 125 cm³/mol. The summed E-state index contributed by atoms with van der Waals surface area (Å²) in [6.07, 6.45) is 9.89. The highest BCUT2D eigenvalue weighted by atomic mass is 16.5. The molecule has 0 spiro atoms. The summed E-state index contributed by atoms with van der Waals surface area (Å²) in [5.41, 5.74) is 7.41. The first-order chi connectivity index (χ1) is 15.2. The minimum Gasteiger partial charge on any atom is -0.488 e. The van der Waals surface area contributed by atoms with E-state index in [9.17, 15) is 0 Å². The highest BCUT2D eigenvalue weighted by Gasteiger charge is 2.17. The smallest absolute Gasteiger partial charge is 0.158 e. The van der Waals surface area contributed by atoms with Crippen molar-refractivity contribution >= 4 is 17.3 Å². The number of fused-ring (bicyclic) bond motifs is 2. The van der Waals surface area contributed by atoms with Crippen molar-refractivity contribution in [1.82, 2.24) is 24.6 Å². The normalized spacial score (nSPS) is 16.8. The van der Waals surface area contributed by atoms with Gasteiger partial charge in [0.05, 0.1) is 17.1 Å². The van der Waals surface area contributed by atoms with Crippen LogP contribution in [-0.4, -0.2) is 58.6 Å². The molecule has 0 radical (unpaired) electrons. The number of benzene rings is 1. The summed E-state index contributed by atoms with van der Waals surface area (Å²) in [6.45, 7) is 10.4. The third-order valence-electron chi connectivity index (χ3n) is 6.25. The van der Waals surface area contributed by atoms with Gasteiger partial charge in [0.2, 0.25) is 0 Å². The van der Waals surface area contributed by atoms with Gasteiger partial charge in [-0.15, -0.1) is 0 Å². The zero-order chi connectivity index (χ0) is 21.2. The van der Waals surface area contributed by atoms with Crippen molar-refractivity contribution in [3.05, 3.63) is 58.8 Å². The number of hydrogen-bond acceptors (Lipinski definition) is 5. The number of piperazine rings is 1. The zero-order valence-corrected chi connectivity index (χ0v) is 18.5. The summed E-state index contributed by atoms with van der Waals surface area (Å²) in [4.78, 5) is 11.9. The lowest BCUT2D eigenvalue weighted by Gasteiger charge is -2.27. The molecule has 2 aliphatic rings. The topological polar surface area (TPSA) is 54.7 Å². The van der Waals surface area contributed by atoms with E-state index in [4.69, 9.17) is 9.72 Å². The first kappa shape index (κ1) is 20.2. The molecule has 0 unspecified atom stereocenters. The average Bonchev–Trinajstić information content (AvgIpc) is 3.21. The summed E-state index contributed by atoms with van der Waals surface area (Å²) >= 11 is 0. The maximum absolute atomic E-state index is 6.13. The maximum atomic E-state index is 6.13. The number of hydrogen-bond donors (Lipinski definition) is 1. The second kappa shape index (κ2) is 8.81. The van der Waals surface area contributed by atoms with Crippen LogP contribution in [0.5, 0.6) is 5.75 Å². The molecule has 6 nitrogen and oxygen atoms in total. The van der Waals surface area contributed by atoms with Gasteiger partial charge in [0.1, 0.15) is 12.4 Å². The first-order valence-corrected chi connectivity index (χ1v) is 11.4. The van der Waals surface area contributed by atoms with Crippen molar-refractivity contribution in [2.75, 3.05) is 39.3 Å². The number of nitrogens with zero attached hydrogens (tertiary/aromatic N) is 4. The van der Waals surface area contributed by atoms with Gasteiger partial charge in [-0.1, -0.05) is 12.1 Å². The number of imidazole rings is 1. The Bertz CT molecular complexity index is 1110. The van der Waals surface area contributed by atoms with Crippen molar-refractivity contribution in [2.24, 2.45) is 0 Å². The molecule has 5 rings (SSSR count). The Kier molecular flexibility index (Phi) is 5.74. The fourth-order valence-electron chi connectivity index (χ4n) is 4.57. The van der Waals surface area contributed by atoms with Crippen LogP contribution < -0.4 is 10.1 Å². The summed E-state index contributed by atoms with van der Waals surface area (Å²) in [5.74, 6) is 0.987. The molecule has 31 heavy (non-hydrogen) atoms. The minimum atomic E-state index is 0.550. The highest BCUT2D eigenvalue weighted by molar-refractivity contribution is 5.85. The molecule has 2 aliphatic heterocycles. The van der Waals surface area contributed by atoms with Gasteiger partial charge in [-0.25, -0.2) is 4.98 Å². The Hall–Kier alpha value is -2.70. The molecular formula is C25H31N5O. The Balaban J connectivity index is 1.24. The Morgan fingerprint density at radius 2 is 1.94 bits per heavy atom. The molecular weight excluding hydrogens is 386 g/mol.